The average Bonchev–Trinajstić information content (AvgIpc) is 2.87. The zero-order valence-corrected chi connectivity index (χ0v) is 12.9. The summed E-state index contributed by atoms with van der Waals surface area (Å²) in [5.41, 5.74) is -0.977. The molecule has 1 aromatic heterocycles. The van der Waals surface area contributed by atoms with Gasteiger partial charge in [-0.3, -0.25) is 9.42 Å². The molecule has 2 rings (SSSR count). The van der Waals surface area contributed by atoms with Gasteiger partial charge in [-0.1, -0.05) is 18.4 Å². The van der Waals surface area contributed by atoms with Crippen molar-refractivity contribution in [2.24, 2.45) is 0 Å². The summed E-state index contributed by atoms with van der Waals surface area (Å²) in [4.78, 5) is 0. The van der Waals surface area contributed by atoms with Crippen LogP contribution in [0, 0.1) is 5.21 Å². The van der Waals surface area contributed by atoms with E-state index in [9.17, 15) is 10.4 Å². The molecule has 20 heavy (non-hydrogen) atoms. The first-order chi connectivity index (χ1) is 9.23. The summed E-state index contributed by atoms with van der Waals surface area (Å²) in [5, 5.41) is 30.0. The Balaban J connectivity index is 2.37. The van der Waals surface area contributed by atoms with E-state index in [4.69, 9.17) is 0 Å². The monoisotopic (exact) mass is 279 g/mol. The number of hydrogen-bond acceptors (Lipinski definition) is 3. The molecular formula is C14H23N4O2. The van der Waals surface area contributed by atoms with Crippen LogP contribution in [0.5, 0.6) is 0 Å². The molecule has 6 nitrogen and oxygen atoms in total. The van der Waals surface area contributed by atoms with Crippen molar-refractivity contribution in [1.29, 1.82) is 0 Å². The zero-order chi connectivity index (χ0) is 15.1. The molecule has 0 N–H and O–H groups in total. The second-order valence-electron chi connectivity index (χ2n) is 6.38. The Hall–Kier alpha value is -1.56. The maximum absolute atomic E-state index is 12.5. The molecule has 1 aliphatic heterocycles. The fourth-order valence-electron chi connectivity index (χ4n) is 2.26. The van der Waals surface area contributed by atoms with Gasteiger partial charge in [0.2, 0.25) is 0 Å². The van der Waals surface area contributed by atoms with E-state index in [0.717, 1.165) is 29.2 Å². The van der Waals surface area contributed by atoms with Gasteiger partial charge >= 0.3 is 5.84 Å². The van der Waals surface area contributed by atoms with Gasteiger partial charge in [0, 0.05) is 17.9 Å². The lowest BCUT2D eigenvalue weighted by atomic mass is 9.84. The summed E-state index contributed by atoms with van der Waals surface area (Å²) < 4.78 is 2.60. The van der Waals surface area contributed by atoms with Crippen molar-refractivity contribution in [3.8, 4) is 0 Å². The lowest BCUT2D eigenvalue weighted by Crippen LogP contribution is -2.53. The van der Waals surface area contributed by atoms with Gasteiger partial charge in [-0.15, -0.1) is 0 Å². The largest absolute Gasteiger partial charge is 0.714 e. The van der Waals surface area contributed by atoms with E-state index in [1.807, 2.05) is 0 Å². The molecule has 0 saturated heterocycles. The van der Waals surface area contributed by atoms with Crippen molar-refractivity contribution >= 4 is 5.84 Å². The number of aryl methyl sites for hydroxylation is 1. The number of hydroxylamine groups is 3. The minimum Gasteiger partial charge on any atom is -0.714 e. The Labute approximate surface area is 119 Å². The SMILES string of the molecule is CCCCn1cc(C2=[N+]([O-])C(C)(C)C(C)(C)N2[O])cn1. The minimum absolute atomic E-state index is 0.155. The molecule has 0 bridgehead atoms. The number of nitrogens with zero attached hydrogens (tertiary/aromatic N) is 4. The molecule has 111 valence electrons. The van der Waals surface area contributed by atoms with Gasteiger partial charge in [0.25, 0.3) is 0 Å². The van der Waals surface area contributed by atoms with Crippen LogP contribution in [-0.2, 0) is 11.8 Å². The van der Waals surface area contributed by atoms with Crippen molar-refractivity contribution in [2.75, 3.05) is 0 Å². The van der Waals surface area contributed by atoms with E-state index in [2.05, 4.69) is 12.0 Å². The predicted molar refractivity (Wildman–Crippen MR) is 75.6 cm³/mol. The van der Waals surface area contributed by atoms with Crippen LogP contribution in [0.25, 0.3) is 0 Å². The Morgan fingerprint density at radius 1 is 1.35 bits per heavy atom. The molecule has 0 unspecified atom stereocenters. The molecule has 1 radical (unpaired) electrons. The second-order valence-corrected chi connectivity index (χ2v) is 6.38. The highest BCUT2D eigenvalue weighted by molar-refractivity contribution is 5.95. The Morgan fingerprint density at radius 3 is 2.50 bits per heavy atom. The molecule has 1 aliphatic rings. The fraction of sp³-hybridized carbons (Fsp3) is 0.714. The fourth-order valence-corrected chi connectivity index (χ4v) is 2.26. The average molecular weight is 279 g/mol. The molecule has 0 amide bonds. The zero-order valence-electron chi connectivity index (χ0n) is 12.9. The first-order valence-corrected chi connectivity index (χ1v) is 7.08. The highest BCUT2D eigenvalue weighted by Crippen LogP contribution is 2.37. The van der Waals surface area contributed by atoms with Gasteiger partial charge in [0.1, 0.15) is 11.1 Å². The van der Waals surface area contributed by atoms with Crippen LogP contribution in [0.4, 0.5) is 0 Å². The van der Waals surface area contributed by atoms with Crippen LogP contribution in [0.3, 0.4) is 0 Å². The number of hydrogen-bond donors (Lipinski definition) is 0. The normalized spacial score (nSPS) is 20.8. The maximum atomic E-state index is 12.5. The van der Waals surface area contributed by atoms with Crippen molar-refractivity contribution in [3.05, 3.63) is 23.2 Å². The topological polar surface area (TPSA) is 67.0 Å². The van der Waals surface area contributed by atoms with E-state index >= 15 is 0 Å². The first-order valence-electron chi connectivity index (χ1n) is 7.08. The third-order valence-corrected chi connectivity index (χ3v) is 4.53. The summed E-state index contributed by atoms with van der Waals surface area (Å²) in [6.07, 6.45) is 5.47. The van der Waals surface area contributed by atoms with E-state index in [-0.39, 0.29) is 5.84 Å². The molecular weight excluding hydrogens is 256 g/mol. The summed E-state index contributed by atoms with van der Waals surface area (Å²) in [5.74, 6) is 0.155. The van der Waals surface area contributed by atoms with Crippen LogP contribution in [-0.4, -0.2) is 36.5 Å². The van der Waals surface area contributed by atoms with E-state index in [1.165, 1.54) is 0 Å². The molecule has 0 fully saturated rings. The van der Waals surface area contributed by atoms with Crippen LogP contribution in [0.2, 0.25) is 0 Å². The highest BCUT2D eigenvalue weighted by Gasteiger charge is 2.60. The summed E-state index contributed by atoms with van der Waals surface area (Å²) >= 11 is 0. The lowest BCUT2D eigenvalue weighted by molar-refractivity contribution is -0.539. The van der Waals surface area contributed by atoms with E-state index in [0.29, 0.717) is 5.56 Å². The smallest absolute Gasteiger partial charge is 0.319 e. The van der Waals surface area contributed by atoms with E-state index in [1.54, 1.807) is 44.8 Å². The van der Waals surface area contributed by atoms with Crippen molar-refractivity contribution in [2.45, 2.75) is 65.1 Å². The van der Waals surface area contributed by atoms with Crippen LogP contribution >= 0.6 is 0 Å². The molecule has 0 aliphatic carbocycles. The second kappa shape index (κ2) is 4.77. The molecule has 0 atom stereocenters. The quantitative estimate of drug-likeness (QED) is 0.626. The van der Waals surface area contributed by atoms with Crippen molar-refractivity contribution in [3.63, 3.8) is 0 Å². The van der Waals surface area contributed by atoms with Crippen molar-refractivity contribution < 1.29 is 9.95 Å². The molecule has 1 aromatic rings. The number of amidine groups is 1. The van der Waals surface area contributed by atoms with Gasteiger partial charge < -0.3 is 5.21 Å². The molecule has 0 saturated carbocycles. The maximum Gasteiger partial charge on any atom is 0.319 e. The van der Waals surface area contributed by atoms with Gasteiger partial charge in [-0.2, -0.15) is 5.10 Å². The molecule has 0 spiro atoms. The number of rotatable bonds is 4. The third-order valence-electron chi connectivity index (χ3n) is 4.53. The third kappa shape index (κ3) is 1.98. The standard InChI is InChI=1S/C14H23N4O2/c1-6-7-8-16-10-11(9-15-16)12-17(19)13(2,3)14(4,5)18(12)20/h9-10H,6-8H2,1-5H3. The minimum atomic E-state index is -0.782. The lowest BCUT2D eigenvalue weighted by Gasteiger charge is -2.32. The summed E-state index contributed by atoms with van der Waals surface area (Å²) in [7, 11) is 0. The number of aromatic nitrogens is 2. The Bertz CT molecular complexity index is 531. The Morgan fingerprint density at radius 2 is 2.00 bits per heavy atom. The van der Waals surface area contributed by atoms with Crippen molar-refractivity contribution in [1.82, 2.24) is 14.8 Å². The number of unbranched alkanes of at least 4 members (excludes halogenated alkanes) is 1. The van der Waals surface area contributed by atoms with Gasteiger partial charge in [0.15, 0.2) is 5.54 Å². The van der Waals surface area contributed by atoms with Gasteiger partial charge in [-0.25, -0.2) is 0 Å². The Kier molecular flexibility index (Phi) is 3.54. The molecule has 0 aromatic carbocycles. The van der Waals surface area contributed by atoms with Crippen LogP contribution in [0.15, 0.2) is 12.4 Å². The molecule has 2 heterocycles. The van der Waals surface area contributed by atoms with Gasteiger partial charge in [0.05, 0.1) is 6.20 Å². The molecule has 6 heteroatoms. The van der Waals surface area contributed by atoms with Crippen LogP contribution < -0.4 is 0 Å². The summed E-state index contributed by atoms with van der Waals surface area (Å²) in [6, 6.07) is 0. The summed E-state index contributed by atoms with van der Waals surface area (Å²) in [6.45, 7) is 10.1. The predicted octanol–water partition coefficient (Wildman–Crippen LogP) is 2.16. The highest BCUT2D eigenvalue weighted by atomic mass is 16.5. The first kappa shape index (κ1) is 14.8. The van der Waals surface area contributed by atoms with Crippen LogP contribution in [0.1, 0.15) is 53.0 Å². The van der Waals surface area contributed by atoms with Gasteiger partial charge in [-0.05, 0) is 34.1 Å². The van der Waals surface area contributed by atoms with E-state index < -0.39 is 11.1 Å².